The van der Waals surface area contributed by atoms with Crippen LogP contribution in [0.2, 0.25) is 0 Å². The van der Waals surface area contributed by atoms with Crippen LogP contribution in [0.5, 0.6) is 0 Å². The van der Waals surface area contributed by atoms with Gasteiger partial charge in [0.1, 0.15) is 5.54 Å². The fraction of sp³-hybridized carbons (Fsp3) is 0.833. The fourth-order valence-corrected chi connectivity index (χ4v) is 2.50. The zero-order valence-corrected chi connectivity index (χ0v) is 10.4. The van der Waals surface area contributed by atoms with E-state index in [2.05, 4.69) is 5.32 Å². The number of carbonyl (C=O) groups excluding carboxylic acids is 1. The Morgan fingerprint density at radius 1 is 1.47 bits per heavy atom. The Labute approximate surface area is 101 Å². The van der Waals surface area contributed by atoms with Crippen LogP contribution < -0.4 is 5.32 Å². The SMILES string of the molecule is CC(NC(=O)N1CCCC1(C)C(=O)O)C1CC1. The summed E-state index contributed by atoms with van der Waals surface area (Å²) < 4.78 is 0. The molecule has 2 atom stereocenters. The van der Waals surface area contributed by atoms with Gasteiger partial charge in [-0.3, -0.25) is 0 Å². The van der Waals surface area contributed by atoms with Gasteiger partial charge in [0.15, 0.2) is 0 Å². The van der Waals surface area contributed by atoms with Gasteiger partial charge in [-0.15, -0.1) is 0 Å². The summed E-state index contributed by atoms with van der Waals surface area (Å²) in [7, 11) is 0. The second-order valence-corrected chi connectivity index (χ2v) is 5.41. The molecule has 0 bridgehead atoms. The number of rotatable bonds is 3. The molecule has 1 aliphatic heterocycles. The van der Waals surface area contributed by atoms with Crippen molar-refractivity contribution in [2.75, 3.05) is 6.54 Å². The van der Waals surface area contributed by atoms with Gasteiger partial charge < -0.3 is 15.3 Å². The van der Waals surface area contributed by atoms with Gasteiger partial charge >= 0.3 is 12.0 Å². The van der Waals surface area contributed by atoms with Gasteiger partial charge in [0.2, 0.25) is 0 Å². The molecule has 1 aliphatic carbocycles. The van der Waals surface area contributed by atoms with E-state index in [-0.39, 0.29) is 12.1 Å². The first-order valence-corrected chi connectivity index (χ1v) is 6.26. The normalized spacial score (nSPS) is 30.1. The number of likely N-dealkylation sites (tertiary alicyclic amines) is 1. The quantitative estimate of drug-likeness (QED) is 0.784. The van der Waals surface area contributed by atoms with Crippen LogP contribution in [-0.2, 0) is 4.79 Å². The second kappa shape index (κ2) is 4.20. The van der Waals surface area contributed by atoms with Crippen LogP contribution in [0.25, 0.3) is 0 Å². The number of nitrogens with zero attached hydrogens (tertiary/aromatic N) is 1. The van der Waals surface area contributed by atoms with Crippen LogP contribution in [-0.4, -0.2) is 40.1 Å². The molecule has 0 aromatic heterocycles. The lowest BCUT2D eigenvalue weighted by molar-refractivity contribution is -0.147. The highest BCUT2D eigenvalue weighted by Gasteiger charge is 2.46. The molecule has 0 spiro atoms. The number of carbonyl (C=O) groups is 2. The topological polar surface area (TPSA) is 69.6 Å². The number of hydrogen-bond acceptors (Lipinski definition) is 2. The molecule has 5 nitrogen and oxygen atoms in total. The van der Waals surface area contributed by atoms with Crippen molar-refractivity contribution >= 4 is 12.0 Å². The van der Waals surface area contributed by atoms with Crippen LogP contribution in [0.15, 0.2) is 0 Å². The van der Waals surface area contributed by atoms with Gasteiger partial charge in [0, 0.05) is 12.6 Å². The minimum absolute atomic E-state index is 0.154. The molecular formula is C12H20N2O3. The lowest BCUT2D eigenvalue weighted by Crippen LogP contribution is -2.55. The van der Waals surface area contributed by atoms with E-state index < -0.39 is 11.5 Å². The van der Waals surface area contributed by atoms with Crippen LogP contribution in [0, 0.1) is 5.92 Å². The third-order valence-corrected chi connectivity index (χ3v) is 4.03. The second-order valence-electron chi connectivity index (χ2n) is 5.41. The Morgan fingerprint density at radius 2 is 2.12 bits per heavy atom. The third kappa shape index (κ3) is 2.23. The summed E-state index contributed by atoms with van der Waals surface area (Å²) in [5, 5.41) is 12.1. The van der Waals surface area contributed by atoms with Gasteiger partial charge in [-0.1, -0.05) is 0 Å². The zero-order chi connectivity index (χ0) is 12.6. The first-order valence-electron chi connectivity index (χ1n) is 6.26. The average Bonchev–Trinajstić information content (AvgIpc) is 3.02. The molecule has 0 aromatic carbocycles. The maximum absolute atomic E-state index is 12.1. The van der Waals surface area contributed by atoms with Crippen LogP contribution in [0.1, 0.15) is 39.5 Å². The van der Waals surface area contributed by atoms with E-state index in [1.165, 1.54) is 4.90 Å². The number of carboxylic acids is 1. The Bertz CT molecular complexity index is 341. The molecule has 0 aromatic rings. The van der Waals surface area contributed by atoms with Crippen molar-refractivity contribution in [3.63, 3.8) is 0 Å². The summed E-state index contributed by atoms with van der Waals surface area (Å²) in [6.45, 7) is 4.15. The lowest BCUT2D eigenvalue weighted by atomic mass is 10.00. The minimum Gasteiger partial charge on any atom is -0.480 e. The highest BCUT2D eigenvalue weighted by molar-refractivity contribution is 5.86. The van der Waals surface area contributed by atoms with Crippen molar-refractivity contribution in [2.45, 2.75) is 51.1 Å². The number of nitrogens with one attached hydrogen (secondary N) is 1. The van der Waals surface area contributed by atoms with Crippen LogP contribution in [0.3, 0.4) is 0 Å². The van der Waals surface area contributed by atoms with Gasteiger partial charge in [0.05, 0.1) is 0 Å². The molecule has 2 rings (SSSR count). The van der Waals surface area contributed by atoms with E-state index in [9.17, 15) is 14.7 Å². The average molecular weight is 240 g/mol. The monoisotopic (exact) mass is 240 g/mol. The molecule has 1 saturated carbocycles. The standard InChI is InChI=1S/C12H20N2O3/c1-8(9-4-5-9)13-11(17)14-7-3-6-12(14,2)10(15)16/h8-9H,3-7H2,1-2H3,(H,13,17)(H,15,16). The van der Waals surface area contributed by atoms with E-state index in [4.69, 9.17) is 0 Å². The van der Waals surface area contributed by atoms with Crippen molar-refractivity contribution in [2.24, 2.45) is 5.92 Å². The first kappa shape index (κ1) is 12.2. The van der Waals surface area contributed by atoms with E-state index in [0.717, 1.165) is 19.3 Å². The van der Waals surface area contributed by atoms with Gasteiger partial charge in [-0.25, -0.2) is 9.59 Å². The molecule has 2 unspecified atom stereocenters. The van der Waals surface area contributed by atoms with E-state index >= 15 is 0 Å². The lowest BCUT2D eigenvalue weighted by Gasteiger charge is -2.32. The summed E-state index contributed by atoms with van der Waals surface area (Å²) in [4.78, 5) is 24.8. The molecule has 5 heteroatoms. The number of aliphatic carboxylic acids is 1. The van der Waals surface area contributed by atoms with Crippen molar-refractivity contribution in [1.29, 1.82) is 0 Å². The maximum Gasteiger partial charge on any atom is 0.329 e. The van der Waals surface area contributed by atoms with Crippen molar-refractivity contribution in [1.82, 2.24) is 10.2 Å². The highest BCUT2D eigenvalue weighted by Crippen LogP contribution is 2.33. The van der Waals surface area contributed by atoms with Crippen molar-refractivity contribution < 1.29 is 14.7 Å². The van der Waals surface area contributed by atoms with Gasteiger partial charge in [0.25, 0.3) is 0 Å². The Hall–Kier alpha value is -1.26. The fourth-order valence-electron chi connectivity index (χ4n) is 2.50. The number of hydrogen-bond donors (Lipinski definition) is 2. The van der Waals surface area contributed by atoms with Crippen molar-refractivity contribution in [3.8, 4) is 0 Å². The first-order chi connectivity index (χ1) is 7.95. The summed E-state index contributed by atoms with van der Waals surface area (Å²) in [5.74, 6) is -0.332. The Balaban J connectivity index is 2.00. The predicted octanol–water partition coefficient (Wildman–Crippen LogP) is 1.43. The molecule has 17 heavy (non-hydrogen) atoms. The number of urea groups is 1. The largest absolute Gasteiger partial charge is 0.480 e. The van der Waals surface area contributed by atoms with Crippen LogP contribution in [0.4, 0.5) is 4.79 Å². The molecule has 2 aliphatic rings. The molecule has 2 N–H and O–H groups in total. The van der Waals surface area contributed by atoms with Gasteiger partial charge in [-0.05, 0) is 45.4 Å². The number of carboxylic acid groups (broad SMARTS) is 1. The summed E-state index contributed by atoms with van der Waals surface area (Å²) in [6, 6.07) is -0.0760. The molecule has 0 radical (unpaired) electrons. The Kier molecular flexibility index (Phi) is 3.02. The van der Waals surface area contributed by atoms with Crippen molar-refractivity contribution in [3.05, 3.63) is 0 Å². The molecule has 2 fully saturated rings. The van der Waals surface area contributed by atoms with E-state index in [1.54, 1.807) is 6.92 Å². The summed E-state index contributed by atoms with van der Waals surface area (Å²) >= 11 is 0. The predicted molar refractivity (Wildman–Crippen MR) is 62.7 cm³/mol. The molecule has 1 saturated heterocycles. The number of amides is 2. The van der Waals surface area contributed by atoms with E-state index in [1.807, 2.05) is 6.92 Å². The van der Waals surface area contributed by atoms with Crippen LogP contribution >= 0.6 is 0 Å². The summed E-state index contributed by atoms with van der Waals surface area (Å²) in [5.41, 5.74) is -1.03. The smallest absolute Gasteiger partial charge is 0.329 e. The molecule has 96 valence electrons. The van der Waals surface area contributed by atoms with E-state index in [0.29, 0.717) is 18.9 Å². The highest BCUT2D eigenvalue weighted by atomic mass is 16.4. The minimum atomic E-state index is -1.03. The zero-order valence-electron chi connectivity index (χ0n) is 10.4. The van der Waals surface area contributed by atoms with Gasteiger partial charge in [-0.2, -0.15) is 0 Å². The molecule has 1 heterocycles. The molecule has 2 amide bonds. The third-order valence-electron chi connectivity index (χ3n) is 4.03. The molecular weight excluding hydrogens is 220 g/mol. The maximum atomic E-state index is 12.1. The summed E-state index contributed by atoms with van der Waals surface area (Å²) in [6.07, 6.45) is 3.62. The Morgan fingerprint density at radius 3 is 2.65 bits per heavy atom.